The molecule has 1 aromatic carbocycles. The molecule has 2 aromatic heterocycles. The number of hydrogen-bond acceptors (Lipinski definition) is 9. The molecular weight excluding hydrogens is 583 g/mol. The maximum absolute atomic E-state index is 14.1. The van der Waals surface area contributed by atoms with E-state index in [1.54, 1.807) is 0 Å². The standard InChI is InChI=1S/C30H31ClF3N7O2/c1-15-10-29(7-2-8-40(29)11-15)14-43-28-37-20-9-17(25-18(30(32,33)34)4-6-22(35)38-25)24(31)26-23(20)27(39-28)41-12-16-3-5-19(36-16)21(41)13-42-26/h4,6,9,16,19,21,36H,1-3,5,7-8,10-14H2,(H2,35,38)/t16-,19+,21-,29+/m1/s1. The molecule has 0 spiro atoms. The number of pyridine rings is 1. The lowest BCUT2D eigenvalue weighted by molar-refractivity contribution is -0.137. The zero-order valence-corrected chi connectivity index (χ0v) is 24.1. The minimum absolute atomic E-state index is 0.0116. The smallest absolute Gasteiger partial charge is 0.418 e. The van der Waals surface area contributed by atoms with Gasteiger partial charge in [-0.1, -0.05) is 23.8 Å². The zero-order chi connectivity index (χ0) is 29.7. The van der Waals surface area contributed by atoms with Gasteiger partial charge in [0.05, 0.1) is 38.8 Å². The molecule has 43 heavy (non-hydrogen) atoms. The van der Waals surface area contributed by atoms with Crippen LogP contribution in [0, 0.1) is 0 Å². The molecule has 0 amide bonds. The van der Waals surface area contributed by atoms with Gasteiger partial charge in [-0.15, -0.1) is 0 Å². The van der Waals surface area contributed by atoms with Gasteiger partial charge in [0.2, 0.25) is 0 Å². The van der Waals surface area contributed by atoms with E-state index in [0.717, 1.165) is 57.3 Å². The van der Waals surface area contributed by atoms with Gasteiger partial charge < -0.3 is 25.4 Å². The number of alkyl halides is 3. The lowest BCUT2D eigenvalue weighted by Crippen LogP contribution is -2.60. The van der Waals surface area contributed by atoms with E-state index in [4.69, 9.17) is 36.8 Å². The molecule has 0 unspecified atom stereocenters. The van der Waals surface area contributed by atoms with Crippen molar-refractivity contribution in [3.05, 3.63) is 40.9 Å². The van der Waals surface area contributed by atoms with Gasteiger partial charge in [0.25, 0.3) is 0 Å². The second-order valence-electron chi connectivity index (χ2n) is 12.5. The average molecular weight is 614 g/mol. The SMILES string of the molecule is C=C1CN2CCC[C@@]2(COc2nc3c4c(c(Cl)c(-c5nc(N)ccc5C(F)(F)F)cc4n2)OC[C@@H]2[C@@H]4CC[C@H](CN32)N4)C1. The minimum atomic E-state index is -4.68. The van der Waals surface area contributed by atoms with E-state index in [-0.39, 0.29) is 58.1 Å². The van der Waals surface area contributed by atoms with Crippen LogP contribution >= 0.6 is 11.6 Å². The summed E-state index contributed by atoms with van der Waals surface area (Å²) in [4.78, 5) is 18.4. The van der Waals surface area contributed by atoms with Crippen LogP contribution in [0.5, 0.6) is 11.8 Å². The van der Waals surface area contributed by atoms with Crippen molar-refractivity contribution < 1.29 is 22.6 Å². The summed E-state index contributed by atoms with van der Waals surface area (Å²) in [7, 11) is 0. The first-order valence-electron chi connectivity index (χ1n) is 14.7. The van der Waals surface area contributed by atoms with Crippen LogP contribution in [-0.2, 0) is 6.18 Å². The fourth-order valence-electron chi connectivity index (χ4n) is 7.84. The van der Waals surface area contributed by atoms with E-state index in [0.29, 0.717) is 35.9 Å². The van der Waals surface area contributed by atoms with Crippen molar-refractivity contribution in [2.75, 3.05) is 43.5 Å². The Morgan fingerprint density at radius 1 is 1.23 bits per heavy atom. The number of nitrogens with two attached hydrogens (primary N) is 1. The van der Waals surface area contributed by atoms with E-state index in [9.17, 15) is 13.2 Å². The average Bonchev–Trinajstić information content (AvgIpc) is 3.58. The highest BCUT2D eigenvalue weighted by Crippen LogP contribution is 2.49. The Bertz CT molecular complexity index is 1670. The van der Waals surface area contributed by atoms with Crippen molar-refractivity contribution >= 4 is 34.1 Å². The van der Waals surface area contributed by atoms with Crippen LogP contribution in [0.15, 0.2) is 30.4 Å². The quantitative estimate of drug-likeness (QED) is 0.401. The van der Waals surface area contributed by atoms with Gasteiger partial charge in [-0.3, -0.25) is 4.90 Å². The second-order valence-corrected chi connectivity index (χ2v) is 12.8. The van der Waals surface area contributed by atoms with Crippen LogP contribution in [-0.4, -0.2) is 76.4 Å². The van der Waals surface area contributed by atoms with Crippen LogP contribution in [0.3, 0.4) is 0 Å². The van der Waals surface area contributed by atoms with Crippen molar-refractivity contribution in [3.8, 4) is 23.0 Å². The number of nitrogens with zero attached hydrogens (tertiary/aromatic N) is 5. The molecule has 8 rings (SSSR count). The summed E-state index contributed by atoms with van der Waals surface area (Å²) in [5, 5.41) is 4.24. The molecule has 0 aliphatic carbocycles. The molecule has 5 aliphatic heterocycles. The Balaban J connectivity index is 1.30. The third kappa shape index (κ3) is 4.32. The Hall–Kier alpha value is -3.35. The summed E-state index contributed by atoms with van der Waals surface area (Å²) in [5.41, 5.74) is 5.98. The summed E-state index contributed by atoms with van der Waals surface area (Å²) in [6, 6.07) is 4.17. The van der Waals surface area contributed by atoms with Crippen molar-refractivity contribution in [1.29, 1.82) is 0 Å². The topological polar surface area (TPSA) is 102 Å². The molecule has 0 radical (unpaired) electrons. The summed E-state index contributed by atoms with van der Waals surface area (Å²) in [5.74, 6) is 0.805. The lowest BCUT2D eigenvalue weighted by Gasteiger charge is -2.40. The molecule has 4 atom stereocenters. The molecule has 9 nitrogen and oxygen atoms in total. The Kier molecular flexibility index (Phi) is 6.06. The van der Waals surface area contributed by atoms with Crippen molar-refractivity contribution in [1.82, 2.24) is 25.2 Å². The number of nitrogen functional groups attached to an aromatic ring is 1. The predicted molar refractivity (Wildman–Crippen MR) is 157 cm³/mol. The van der Waals surface area contributed by atoms with Crippen molar-refractivity contribution in [2.45, 2.75) is 61.9 Å². The Morgan fingerprint density at radius 3 is 2.93 bits per heavy atom. The lowest BCUT2D eigenvalue weighted by atomic mass is 9.94. The third-order valence-corrected chi connectivity index (χ3v) is 10.1. The molecule has 4 fully saturated rings. The van der Waals surface area contributed by atoms with Crippen molar-refractivity contribution in [3.63, 3.8) is 0 Å². The largest absolute Gasteiger partial charge is 0.489 e. The number of ether oxygens (including phenoxy) is 2. The highest BCUT2D eigenvalue weighted by molar-refractivity contribution is 6.36. The van der Waals surface area contributed by atoms with Gasteiger partial charge in [-0.05, 0) is 56.8 Å². The maximum atomic E-state index is 14.1. The zero-order valence-electron chi connectivity index (χ0n) is 23.4. The van der Waals surface area contributed by atoms with E-state index in [2.05, 4.69) is 26.7 Å². The summed E-state index contributed by atoms with van der Waals surface area (Å²) < 4.78 is 55.2. The first kappa shape index (κ1) is 27.2. The monoisotopic (exact) mass is 613 g/mol. The number of piperazine rings is 1. The number of hydrogen-bond donors (Lipinski definition) is 2. The Morgan fingerprint density at radius 2 is 2.09 bits per heavy atom. The molecule has 3 N–H and O–H groups in total. The van der Waals surface area contributed by atoms with Gasteiger partial charge in [-0.25, -0.2) is 4.98 Å². The molecule has 7 heterocycles. The third-order valence-electron chi connectivity index (χ3n) is 9.75. The van der Waals surface area contributed by atoms with Crippen LogP contribution in [0.25, 0.3) is 22.2 Å². The van der Waals surface area contributed by atoms with Crippen LogP contribution in [0.2, 0.25) is 5.02 Å². The first-order valence-corrected chi connectivity index (χ1v) is 15.1. The molecular formula is C30H31ClF3N7O2. The van der Waals surface area contributed by atoms with Gasteiger partial charge in [0, 0.05) is 30.7 Å². The van der Waals surface area contributed by atoms with Crippen molar-refractivity contribution in [2.24, 2.45) is 0 Å². The van der Waals surface area contributed by atoms with Crippen LogP contribution in [0.4, 0.5) is 24.8 Å². The molecule has 226 valence electrons. The summed E-state index contributed by atoms with van der Waals surface area (Å²) >= 11 is 6.90. The number of nitrogens with one attached hydrogen (secondary N) is 1. The van der Waals surface area contributed by atoms with E-state index in [1.165, 1.54) is 11.6 Å². The van der Waals surface area contributed by atoms with E-state index < -0.39 is 11.7 Å². The van der Waals surface area contributed by atoms with Gasteiger partial charge in [0.1, 0.15) is 24.8 Å². The minimum Gasteiger partial charge on any atom is -0.489 e. The number of benzene rings is 1. The van der Waals surface area contributed by atoms with E-state index in [1.807, 2.05) is 0 Å². The van der Waals surface area contributed by atoms with Gasteiger partial charge in [0.15, 0.2) is 5.75 Å². The van der Waals surface area contributed by atoms with E-state index >= 15 is 0 Å². The first-order chi connectivity index (χ1) is 20.6. The second kappa shape index (κ2) is 9.57. The highest BCUT2D eigenvalue weighted by Gasteiger charge is 2.47. The maximum Gasteiger partial charge on any atom is 0.418 e. The molecule has 13 heteroatoms. The normalized spacial score (nSPS) is 28.1. The summed E-state index contributed by atoms with van der Waals surface area (Å²) in [6.07, 6.45) is 0.295. The number of anilines is 2. The van der Waals surface area contributed by atoms with Crippen LogP contribution < -0.4 is 25.4 Å². The van der Waals surface area contributed by atoms with Crippen LogP contribution in [0.1, 0.15) is 37.7 Å². The number of fused-ring (bicyclic) bond motifs is 6. The number of aromatic nitrogens is 3. The fourth-order valence-corrected chi connectivity index (χ4v) is 8.13. The van der Waals surface area contributed by atoms with Gasteiger partial charge >= 0.3 is 12.2 Å². The highest BCUT2D eigenvalue weighted by atomic mass is 35.5. The summed E-state index contributed by atoms with van der Waals surface area (Å²) in [6.45, 7) is 7.45. The molecule has 5 aliphatic rings. The Labute approximate surface area is 251 Å². The number of rotatable bonds is 4. The molecule has 0 saturated carbocycles. The molecule has 4 saturated heterocycles. The molecule has 3 aromatic rings. The van der Waals surface area contributed by atoms with Gasteiger partial charge in [-0.2, -0.15) is 23.1 Å². The number of halogens is 4. The predicted octanol–water partition coefficient (Wildman–Crippen LogP) is 4.82. The fraction of sp³-hybridized carbons (Fsp3) is 0.500. The molecule has 2 bridgehead atoms.